The lowest BCUT2D eigenvalue weighted by molar-refractivity contribution is 0.316. The van der Waals surface area contributed by atoms with Gasteiger partial charge >= 0.3 is 0 Å². The van der Waals surface area contributed by atoms with Crippen molar-refractivity contribution in [1.29, 1.82) is 0 Å². The van der Waals surface area contributed by atoms with Crippen LogP contribution in [0.2, 0.25) is 0 Å². The molecule has 0 spiro atoms. The molecule has 0 aliphatic heterocycles. The van der Waals surface area contributed by atoms with E-state index in [-0.39, 0.29) is 0 Å². The van der Waals surface area contributed by atoms with Crippen molar-refractivity contribution < 1.29 is 0 Å². The first kappa shape index (κ1) is 12.7. The van der Waals surface area contributed by atoms with E-state index in [0.29, 0.717) is 5.92 Å². The molecule has 0 radical (unpaired) electrons. The summed E-state index contributed by atoms with van der Waals surface area (Å²) in [6, 6.07) is 9.35. The van der Waals surface area contributed by atoms with E-state index in [1.165, 1.54) is 37.7 Å². The van der Waals surface area contributed by atoms with Crippen molar-refractivity contribution in [3.05, 3.63) is 35.4 Å². The van der Waals surface area contributed by atoms with Crippen molar-refractivity contribution in [2.75, 3.05) is 0 Å². The minimum atomic E-state index is 0.647. The summed E-state index contributed by atoms with van der Waals surface area (Å²) < 4.78 is 0. The van der Waals surface area contributed by atoms with E-state index in [1.807, 2.05) is 0 Å². The molecule has 0 aromatic heterocycles. The predicted molar refractivity (Wildman–Crippen MR) is 75.5 cm³/mol. The molecule has 0 N–H and O–H groups in total. The summed E-state index contributed by atoms with van der Waals surface area (Å²) in [5.41, 5.74) is 3.01. The van der Waals surface area contributed by atoms with Crippen LogP contribution in [0.4, 0.5) is 0 Å². The van der Waals surface area contributed by atoms with Crippen LogP contribution in [0.5, 0.6) is 0 Å². The van der Waals surface area contributed by atoms with E-state index in [9.17, 15) is 0 Å². The summed E-state index contributed by atoms with van der Waals surface area (Å²) in [6.45, 7) is 6.94. The van der Waals surface area contributed by atoms with Crippen molar-refractivity contribution in [1.82, 2.24) is 0 Å². The van der Waals surface area contributed by atoms with Crippen LogP contribution >= 0.6 is 0 Å². The highest BCUT2D eigenvalue weighted by Gasteiger charge is 2.21. The molecule has 1 unspecified atom stereocenters. The summed E-state index contributed by atoms with van der Waals surface area (Å²) in [5, 5.41) is 0. The summed E-state index contributed by atoms with van der Waals surface area (Å²) >= 11 is 0. The molecule has 1 aromatic carbocycles. The van der Waals surface area contributed by atoms with Crippen LogP contribution < -0.4 is 0 Å². The lowest BCUT2D eigenvalue weighted by Crippen LogP contribution is -2.13. The van der Waals surface area contributed by atoms with Crippen LogP contribution in [-0.4, -0.2) is 0 Å². The Morgan fingerprint density at radius 1 is 0.824 bits per heavy atom. The van der Waals surface area contributed by atoms with Gasteiger partial charge in [0.1, 0.15) is 0 Å². The zero-order chi connectivity index (χ0) is 12.3. The van der Waals surface area contributed by atoms with Gasteiger partial charge < -0.3 is 0 Å². The Morgan fingerprint density at radius 3 is 1.88 bits per heavy atom. The van der Waals surface area contributed by atoms with Crippen LogP contribution in [0.3, 0.4) is 0 Å². The largest absolute Gasteiger partial charge is 0.0587 e. The molecule has 1 aliphatic carbocycles. The average molecular weight is 230 g/mol. The fraction of sp³-hybridized carbons (Fsp3) is 0.647. The third-order valence-corrected chi connectivity index (χ3v) is 4.49. The van der Waals surface area contributed by atoms with Gasteiger partial charge in [0.15, 0.2) is 0 Å². The summed E-state index contributed by atoms with van der Waals surface area (Å²) in [6.07, 6.45) is 7.22. The van der Waals surface area contributed by atoms with Crippen LogP contribution in [0.15, 0.2) is 24.3 Å². The van der Waals surface area contributed by atoms with Gasteiger partial charge in [0, 0.05) is 0 Å². The minimum Gasteiger partial charge on any atom is -0.0587 e. The van der Waals surface area contributed by atoms with Gasteiger partial charge in [0.05, 0.1) is 0 Å². The molecule has 17 heavy (non-hydrogen) atoms. The van der Waals surface area contributed by atoms with Crippen LogP contribution in [0.1, 0.15) is 75.8 Å². The second-order valence-electron chi connectivity index (χ2n) is 6.01. The monoisotopic (exact) mass is 230 g/mol. The highest BCUT2D eigenvalue weighted by molar-refractivity contribution is 5.27. The van der Waals surface area contributed by atoms with Crippen LogP contribution in [-0.2, 0) is 0 Å². The lowest BCUT2D eigenvalue weighted by Gasteiger charge is -2.28. The van der Waals surface area contributed by atoms with Gasteiger partial charge in [0.25, 0.3) is 0 Å². The van der Waals surface area contributed by atoms with Gasteiger partial charge in [-0.3, -0.25) is 0 Å². The number of hydrogen-bond donors (Lipinski definition) is 0. The predicted octanol–water partition coefficient (Wildman–Crippen LogP) is 5.49. The maximum Gasteiger partial charge on any atom is -0.0162 e. The molecule has 1 saturated carbocycles. The number of benzene rings is 1. The van der Waals surface area contributed by atoms with E-state index in [4.69, 9.17) is 0 Å². The quantitative estimate of drug-likeness (QED) is 0.643. The zero-order valence-corrected chi connectivity index (χ0v) is 11.6. The van der Waals surface area contributed by atoms with E-state index in [0.717, 1.165) is 11.8 Å². The Balaban J connectivity index is 2.05. The number of hydrogen-bond acceptors (Lipinski definition) is 0. The normalized spacial score (nSPS) is 19.5. The average Bonchev–Trinajstić information content (AvgIpc) is 2.39. The molecule has 1 aromatic rings. The maximum atomic E-state index is 2.42. The molecule has 1 fully saturated rings. The number of rotatable bonds is 3. The highest BCUT2D eigenvalue weighted by atomic mass is 14.3. The summed E-state index contributed by atoms with van der Waals surface area (Å²) in [4.78, 5) is 0. The Kier molecular flexibility index (Phi) is 4.25. The lowest BCUT2D eigenvalue weighted by atomic mass is 9.77. The molecule has 0 amide bonds. The summed E-state index contributed by atoms with van der Waals surface area (Å²) in [5.74, 6) is 2.32. The second kappa shape index (κ2) is 5.71. The molecule has 1 atom stereocenters. The molecule has 1 aliphatic rings. The van der Waals surface area contributed by atoms with Crippen LogP contribution in [0.25, 0.3) is 0 Å². The first-order chi connectivity index (χ1) is 8.18. The van der Waals surface area contributed by atoms with E-state index in [1.54, 1.807) is 5.56 Å². The molecular formula is C17H26. The Hall–Kier alpha value is -0.780. The standard InChI is InChI=1S/C17H26/c1-13(2)15-9-11-17(12-10-15)14(3)16-7-5-4-6-8-16/h9-14,16H,4-8H2,1-3H3. The fourth-order valence-electron chi connectivity index (χ4n) is 3.09. The molecule has 0 nitrogen and oxygen atoms in total. The van der Waals surface area contributed by atoms with Crippen LogP contribution in [0, 0.1) is 5.92 Å². The van der Waals surface area contributed by atoms with Gasteiger partial charge in [-0.15, -0.1) is 0 Å². The van der Waals surface area contributed by atoms with E-state index in [2.05, 4.69) is 45.0 Å². The molecule has 2 rings (SSSR count). The first-order valence-corrected chi connectivity index (χ1v) is 7.28. The Bertz CT molecular complexity index is 328. The van der Waals surface area contributed by atoms with Crippen molar-refractivity contribution in [3.8, 4) is 0 Å². The molecule has 0 heterocycles. The van der Waals surface area contributed by atoms with Gasteiger partial charge in [-0.05, 0) is 41.7 Å². The molecule has 0 bridgehead atoms. The van der Waals surface area contributed by atoms with E-state index < -0.39 is 0 Å². The fourth-order valence-corrected chi connectivity index (χ4v) is 3.09. The molecule has 0 saturated heterocycles. The maximum absolute atomic E-state index is 2.42. The Labute approximate surface area is 106 Å². The van der Waals surface area contributed by atoms with Gasteiger partial charge in [-0.25, -0.2) is 0 Å². The summed E-state index contributed by atoms with van der Waals surface area (Å²) in [7, 11) is 0. The molecular weight excluding hydrogens is 204 g/mol. The molecule has 94 valence electrons. The smallest absolute Gasteiger partial charge is 0.0162 e. The van der Waals surface area contributed by atoms with Gasteiger partial charge in [-0.2, -0.15) is 0 Å². The van der Waals surface area contributed by atoms with Crippen molar-refractivity contribution in [2.24, 2.45) is 5.92 Å². The third kappa shape index (κ3) is 3.12. The minimum absolute atomic E-state index is 0.647. The van der Waals surface area contributed by atoms with Crippen molar-refractivity contribution >= 4 is 0 Å². The zero-order valence-electron chi connectivity index (χ0n) is 11.6. The molecule has 0 heteroatoms. The van der Waals surface area contributed by atoms with Crippen molar-refractivity contribution in [3.63, 3.8) is 0 Å². The van der Waals surface area contributed by atoms with Crippen molar-refractivity contribution in [2.45, 2.75) is 64.7 Å². The SMILES string of the molecule is CC(C)c1ccc(C(C)C2CCCCC2)cc1. The first-order valence-electron chi connectivity index (χ1n) is 7.28. The Morgan fingerprint density at radius 2 is 1.35 bits per heavy atom. The van der Waals surface area contributed by atoms with Gasteiger partial charge in [-0.1, -0.05) is 64.3 Å². The second-order valence-corrected chi connectivity index (χ2v) is 6.01. The topological polar surface area (TPSA) is 0 Å². The highest BCUT2D eigenvalue weighted by Crippen LogP contribution is 2.35. The van der Waals surface area contributed by atoms with E-state index >= 15 is 0 Å². The van der Waals surface area contributed by atoms with Gasteiger partial charge in [0.2, 0.25) is 0 Å². The third-order valence-electron chi connectivity index (χ3n) is 4.49.